The first-order valence-corrected chi connectivity index (χ1v) is 7.05. The summed E-state index contributed by atoms with van der Waals surface area (Å²) in [5, 5.41) is 3.30. The Hall–Kier alpha value is -1.74. The molecule has 0 fully saturated rings. The van der Waals surface area contributed by atoms with Gasteiger partial charge in [-0.25, -0.2) is 8.78 Å². The Morgan fingerprint density at radius 1 is 1.00 bits per heavy atom. The monoisotopic (exact) mass is 289 g/mol. The Balaban J connectivity index is 2.43. The van der Waals surface area contributed by atoms with E-state index >= 15 is 0 Å². The first-order chi connectivity index (χ1) is 9.86. The van der Waals surface area contributed by atoms with E-state index in [2.05, 4.69) is 19.2 Å². The van der Waals surface area contributed by atoms with E-state index in [4.69, 9.17) is 0 Å². The molecule has 1 unspecified atom stereocenters. The highest BCUT2D eigenvalue weighted by Crippen LogP contribution is 2.37. The summed E-state index contributed by atoms with van der Waals surface area (Å²) < 4.78 is 26.6. The molecule has 0 radical (unpaired) electrons. The van der Waals surface area contributed by atoms with Gasteiger partial charge in [-0.05, 0) is 48.9 Å². The van der Waals surface area contributed by atoms with Gasteiger partial charge >= 0.3 is 0 Å². The van der Waals surface area contributed by atoms with Gasteiger partial charge in [0, 0.05) is 11.5 Å². The van der Waals surface area contributed by atoms with Crippen molar-refractivity contribution in [3.8, 4) is 0 Å². The Labute approximate surface area is 125 Å². The molecule has 0 aliphatic heterocycles. The maximum atomic E-state index is 13.5. The highest BCUT2D eigenvalue weighted by Gasteiger charge is 2.31. The van der Waals surface area contributed by atoms with Crippen LogP contribution in [0.4, 0.5) is 8.78 Å². The number of rotatable bonds is 4. The van der Waals surface area contributed by atoms with Gasteiger partial charge in [-0.2, -0.15) is 0 Å². The van der Waals surface area contributed by atoms with Crippen molar-refractivity contribution >= 4 is 0 Å². The molecule has 1 atom stereocenters. The minimum absolute atomic E-state index is 0.00209. The van der Waals surface area contributed by atoms with E-state index in [-0.39, 0.29) is 23.1 Å². The number of hydrogen-bond acceptors (Lipinski definition) is 1. The lowest BCUT2D eigenvalue weighted by Crippen LogP contribution is -2.35. The molecule has 1 nitrogen and oxygen atoms in total. The first kappa shape index (κ1) is 15.6. The van der Waals surface area contributed by atoms with Gasteiger partial charge in [-0.1, -0.05) is 38.1 Å². The number of halogens is 2. The number of hydrogen-bond donors (Lipinski definition) is 1. The molecule has 0 saturated carbocycles. The van der Waals surface area contributed by atoms with Crippen LogP contribution in [0.1, 0.15) is 36.6 Å². The Bertz CT molecular complexity index is 618. The van der Waals surface area contributed by atoms with Crippen LogP contribution in [0.2, 0.25) is 0 Å². The topological polar surface area (TPSA) is 12.0 Å². The lowest BCUT2D eigenvalue weighted by Gasteiger charge is -2.35. The van der Waals surface area contributed by atoms with Crippen LogP contribution < -0.4 is 5.32 Å². The largest absolute Gasteiger partial charge is 0.312 e. The third kappa shape index (κ3) is 3.13. The molecule has 3 heteroatoms. The van der Waals surface area contributed by atoms with Crippen LogP contribution in [0.25, 0.3) is 0 Å². The van der Waals surface area contributed by atoms with Crippen LogP contribution in [-0.4, -0.2) is 7.05 Å². The van der Waals surface area contributed by atoms with E-state index in [1.54, 1.807) is 25.1 Å². The molecule has 112 valence electrons. The summed E-state index contributed by atoms with van der Waals surface area (Å²) in [5.41, 5.74) is 2.42. The zero-order valence-electron chi connectivity index (χ0n) is 12.9. The fourth-order valence-corrected chi connectivity index (χ4v) is 2.84. The Morgan fingerprint density at radius 2 is 1.62 bits per heavy atom. The SMILES string of the molecule is CNC(c1ccc(F)c(C)c1)C(C)(C)c1ccc(F)cc1. The molecule has 1 N–H and O–H groups in total. The van der Waals surface area contributed by atoms with E-state index in [1.807, 2.05) is 13.1 Å². The molecule has 0 saturated heterocycles. The standard InChI is InChI=1S/C18H21F2N/c1-12-11-13(5-10-16(12)20)17(21-4)18(2,3)14-6-8-15(19)9-7-14/h5-11,17,21H,1-4H3. The van der Waals surface area contributed by atoms with Crippen molar-refractivity contribution in [3.63, 3.8) is 0 Å². The molecule has 0 spiro atoms. The lowest BCUT2D eigenvalue weighted by atomic mass is 9.75. The van der Waals surface area contributed by atoms with E-state index in [9.17, 15) is 8.78 Å². The summed E-state index contributed by atoms with van der Waals surface area (Å²) in [6.07, 6.45) is 0. The summed E-state index contributed by atoms with van der Waals surface area (Å²) >= 11 is 0. The molecule has 0 amide bonds. The lowest BCUT2D eigenvalue weighted by molar-refractivity contribution is 0.367. The third-order valence-corrected chi connectivity index (χ3v) is 4.11. The van der Waals surface area contributed by atoms with Crippen molar-refractivity contribution in [1.29, 1.82) is 0 Å². The molecule has 2 aromatic carbocycles. The van der Waals surface area contributed by atoms with Crippen molar-refractivity contribution in [2.45, 2.75) is 32.2 Å². The molecule has 2 rings (SSSR count). The summed E-state index contributed by atoms with van der Waals surface area (Å²) in [5.74, 6) is -0.443. The summed E-state index contributed by atoms with van der Waals surface area (Å²) in [4.78, 5) is 0. The van der Waals surface area contributed by atoms with Crippen LogP contribution in [0.3, 0.4) is 0 Å². The van der Waals surface area contributed by atoms with E-state index < -0.39 is 0 Å². The van der Waals surface area contributed by atoms with Gasteiger partial charge in [0.15, 0.2) is 0 Å². The summed E-state index contributed by atoms with van der Waals surface area (Å²) in [6.45, 7) is 5.95. The third-order valence-electron chi connectivity index (χ3n) is 4.11. The predicted octanol–water partition coefficient (Wildman–Crippen LogP) is 4.51. The van der Waals surface area contributed by atoms with Gasteiger partial charge in [0.2, 0.25) is 0 Å². The second kappa shape index (κ2) is 5.94. The van der Waals surface area contributed by atoms with Crippen molar-refractivity contribution in [3.05, 3.63) is 70.8 Å². The number of nitrogens with one attached hydrogen (secondary N) is 1. The van der Waals surface area contributed by atoms with Crippen LogP contribution in [-0.2, 0) is 5.41 Å². The quantitative estimate of drug-likeness (QED) is 0.873. The van der Waals surface area contributed by atoms with E-state index in [0.29, 0.717) is 5.56 Å². The highest BCUT2D eigenvalue weighted by atomic mass is 19.1. The van der Waals surface area contributed by atoms with Gasteiger partial charge in [-0.3, -0.25) is 0 Å². The van der Waals surface area contributed by atoms with Crippen LogP contribution in [0, 0.1) is 18.6 Å². The molecular weight excluding hydrogens is 268 g/mol. The number of aryl methyl sites for hydroxylation is 1. The minimum Gasteiger partial charge on any atom is -0.312 e. The molecule has 0 aromatic heterocycles. The summed E-state index contributed by atoms with van der Waals surface area (Å²) in [7, 11) is 1.88. The van der Waals surface area contributed by atoms with Crippen molar-refractivity contribution in [1.82, 2.24) is 5.32 Å². The molecule has 0 heterocycles. The first-order valence-electron chi connectivity index (χ1n) is 7.05. The molecule has 0 bridgehead atoms. The minimum atomic E-state index is -0.257. The van der Waals surface area contributed by atoms with Crippen LogP contribution >= 0.6 is 0 Å². The maximum absolute atomic E-state index is 13.5. The zero-order chi connectivity index (χ0) is 15.6. The molecule has 0 aliphatic carbocycles. The van der Waals surface area contributed by atoms with Gasteiger partial charge in [0.05, 0.1) is 0 Å². The second-order valence-electron chi connectivity index (χ2n) is 5.96. The van der Waals surface area contributed by atoms with E-state index in [0.717, 1.165) is 11.1 Å². The van der Waals surface area contributed by atoms with Gasteiger partial charge in [0.25, 0.3) is 0 Å². The summed E-state index contributed by atoms with van der Waals surface area (Å²) in [6, 6.07) is 11.7. The maximum Gasteiger partial charge on any atom is 0.126 e. The van der Waals surface area contributed by atoms with Crippen molar-refractivity contribution in [2.24, 2.45) is 0 Å². The van der Waals surface area contributed by atoms with Gasteiger partial charge in [-0.15, -0.1) is 0 Å². The Morgan fingerprint density at radius 3 is 2.14 bits per heavy atom. The van der Waals surface area contributed by atoms with Crippen molar-refractivity contribution < 1.29 is 8.78 Å². The molecule has 0 aliphatic rings. The average molecular weight is 289 g/mol. The average Bonchev–Trinajstić information content (AvgIpc) is 2.44. The van der Waals surface area contributed by atoms with E-state index in [1.165, 1.54) is 18.2 Å². The molecular formula is C18H21F2N. The van der Waals surface area contributed by atoms with Gasteiger partial charge in [0.1, 0.15) is 11.6 Å². The fraction of sp³-hybridized carbons (Fsp3) is 0.333. The normalized spacial score (nSPS) is 13.2. The van der Waals surface area contributed by atoms with Crippen LogP contribution in [0.5, 0.6) is 0 Å². The smallest absolute Gasteiger partial charge is 0.126 e. The van der Waals surface area contributed by atoms with Crippen LogP contribution in [0.15, 0.2) is 42.5 Å². The number of benzene rings is 2. The highest BCUT2D eigenvalue weighted by molar-refractivity contribution is 5.34. The molecule has 21 heavy (non-hydrogen) atoms. The van der Waals surface area contributed by atoms with Gasteiger partial charge < -0.3 is 5.32 Å². The molecule has 2 aromatic rings. The zero-order valence-corrected chi connectivity index (χ0v) is 12.9. The predicted molar refractivity (Wildman–Crippen MR) is 82.4 cm³/mol. The second-order valence-corrected chi connectivity index (χ2v) is 5.96. The number of likely N-dealkylation sites (N-methyl/N-ethyl adjacent to an activating group) is 1. The van der Waals surface area contributed by atoms with Crippen molar-refractivity contribution in [2.75, 3.05) is 7.05 Å². The fourth-order valence-electron chi connectivity index (χ4n) is 2.84. The Kier molecular flexibility index (Phi) is 4.43.